The summed E-state index contributed by atoms with van der Waals surface area (Å²) in [4.78, 5) is 4.13. The summed E-state index contributed by atoms with van der Waals surface area (Å²) < 4.78 is 10.2. The number of methoxy groups -OCH3 is 1. The van der Waals surface area contributed by atoms with Gasteiger partial charge in [-0.15, -0.1) is 0 Å². The maximum atomic E-state index is 9.72. The Morgan fingerprint density at radius 2 is 2.32 bits per heavy atom. The van der Waals surface area contributed by atoms with Gasteiger partial charge < -0.3 is 20.1 Å². The van der Waals surface area contributed by atoms with Crippen LogP contribution in [0.5, 0.6) is 5.75 Å². The topological polar surface area (TPSA) is 94.4 Å². The smallest absolute Gasteiger partial charge is 0.255 e. The van der Waals surface area contributed by atoms with Crippen molar-refractivity contribution in [2.75, 3.05) is 13.7 Å². The number of aromatic nitrogens is 2. The molecule has 0 fully saturated rings. The third kappa shape index (κ3) is 3.04. The molecule has 0 radical (unpaired) electrons. The zero-order chi connectivity index (χ0) is 13.8. The average molecular weight is 284 g/mol. The molecule has 1 aromatic heterocycles. The van der Waals surface area contributed by atoms with Crippen LogP contribution in [-0.4, -0.2) is 28.9 Å². The second-order valence-corrected chi connectivity index (χ2v) is 4.33. The van der Waals surface area contributed by atoms with E-state index in [4.69, 9.17) is 26.6 Å². The van der Waals surface area contributed by atoms with Crippen molar-refractivity contribution < 1.29 is 14.4 Å². The second kappa shape index (κ2) is 6.01. The Morgan fingerprint density at radius 1 is 1.53 bits per heavy atom. The molecule has 1 heterocycles. The van der Waals surface area contributed by atoms with E-state index in [-0.39, 0.29) is 5.89 Å². The van der Waals surface area contributed by atoms with Crippen LogP contribution < -0.4 is 10.5 Å². The fraction of sp³-hybridized carbons (Fsp3) is 0.333. The van der Waals surface area contributed by atoms with Crippen LogP contribution in [0.3, 0.4) is 0 Å². The lowest BCUT2D eigenvalue weighted by molar-refractivity contribution is 0.127. The van der Waals surface area contributed by atoms with Crippen molar-refractivity contribution in [2.45, 2.75) is 12.5 Å². The van der Waals surface area contributed by atoms with E-state index < -0.39 is 6.10 Å². The Balaban J connectivity index is 2.32. The third-order valence-corrected chi connectivity index (χ3v) is 2.81. The highest BCUT2D eigenvalue weighted by molar-refractivity contribution is 6.30. The molecule has 19 heavy (non-hydrogen) atoms. The van der Waals surface area contributed by atoms with Crippen LogP contribution in [0.1, 0.15) is 18.4 Å². The number of hydrogen-bond acceptors (Lipinski definition) is 6. The highest BCUT2D eigenvalue weighted by Crippen LogP contribution is 2.31. The largest absolute Gasteiger partial charge is 0.496 e. The molecule has 0 amide bonds. The summed E-state index contributed by atoms with van der Waals surface area (Å²) in [6.07, 6.45) is -0.496. The van der Waals surface area contributed by atoms with Crippen LogP contribution in [0.25, 0.3) is 11.4 Å². The molecule has 0 unspecified atom stereocenters. The first kappa shape index (κ1) is 13.8. The van der Waals surface area contributed by atoms with E-state index >= 15 is 0 Å². The van der Waals surface area contributed by atoms with Crippen LogP contribution in [0, 0.1) is 0 Å². The number of halogens is 1. The van der Waals surface area contributed by atoms with Gasteiger partial charge >= 0.3 is 0 Å². The van der Waals surface area contributed by atoms with Crippen molar-refractivity contribution in [1.82, 2.24) is 10.1 Å². The molecule has 0 spiro atoms. The lowest BCUT2D eigenvalue weighted by Gasteiger charge is -2.05. The maximum Gasteiger partial charge on any atom is 0.255 e. The van der Waals surface area contributed by atoms with Crippen molar-refractivity contribution in [3.8, 4) is 17.1 Å². The van der Waals surface area contributed by atoms with E-state index in [0.29, 0.717) is 35.1 Å². The van der Waals surface area contributed by atoms with Gasteiger partial charge in [-0.2, -0.15) is 4.98 Å². The third-order valence-electron chi connectivity index (χ3n) is 2.57. The van der Waals surface area contributed by atoms with Crippen molar-refractivity contribution in [1.29, 1.82) is 0 Å². The van der Waals surface area contributed by atoms with Crippen molar-refractivity contribution in [3.63, 3.8) is 0 Å². The molecule has 102 valence electrons. The van der Waals surface area contributed by atoms with Gasteiger partial charge in [-0.25, -0.2) is 0 Å². The summed E-state index contributed by atoms with van der Waals surface area (Å²) >= 11 is 5.88. The Morgan fingerprint density at radius 3 is 3.00 bits per heavy atom. The maximum absolute atomic E-state index is 9.72. The van der Waals surface area contributed by atoms with Gasteiger partial charge in [0.2, 0.25) is 5.82 Å². The van der Waals surface area contributed by atoms with E-state index in [0.717, 1.165) is 0 Å². The van der Waals surface area contributed by atoms with Gasteiger partial charge in [0.1, 0.15) is 11.9 Å². The molecule has 1 aromatic carbocycles. The monoisotopic (exact) mass is 283 g/mol. The number of nitrogens with zero attached hydrogens (tertiary/aromatic N) is 2. The number of benzene rings is 1. The first-order chi connectivity index (χ1) is 9.15. The normalized spacial score (nSPS) is 12.4. The zero-order valence-electron chi connectivity index (χ0n) is 10.3. The molecular weight excluding hydrogens is 270 g/mol. The number of nitrogens with two attached hydrogens (primary N) is 1. The van der Waals surface area contributed by atoms with Gasteiger partial charge in [-0.3, -0.25) is 0 Å². The van der Waals surface area contributed by atoms with Gasteiger partial charge in [0.05, 0.1) is 12.7 Å². The standard InChI is InChI=1S/C12H14ClN3O3/c1-18-10-6-7(13)2-3-8(10)11-15-12(19-16-11)9(17)4-5-14/h2-3,6,9,17H,4-5,14H2,1H3/t9-/m0/s1. The molecule has 0 aliphatic heterocycles. The zero-order valence-corrected chi connectivity index (χ0v) is 11.1. The molecule has 1 atom stereocenters. The predicted molar refractivity (Wildman–Crippen MR) is 69.9 cm³/mol. The Kier molecular flexibility index (Phi) is 4.36. The molecule has 0 aliphatic rings. The number of aliphatic hydroxyl groups excluding tert-OH is 1. The minimum atomic E-state index is -0.857. The van der Waals surface area contributed by atoms with Crippen LogP contribution in [0.4, 0.5) is 0 Å². The van der Waals surface area contributed by atoms with Gasteiger partial charge in [-0.1, -0.05) is 16.8 Å². The molecule has 0 bridgehead atoms. The molecule has 2 rings (SSSR count). The summed E-state index contributed by atoms with van der Waals surface area (Å²) in [5.41, 5.74) is 6.00. The minimum Gasteiger partial charge on any atom is -0.496 e. The first-order valence-corrected chi connectivity index (χ1v) is 6.09. The van der Waals surface area contributed by atoms with Crippen molar-refractivity contribution in [2.24, 2.45) is 5.73 Å². The van der Waals surface area contributed by atoms with E-state index in [1.54, 1.807) is 18.2 Å². The van der Waals surface area contributed by atoms with Gasteiger partial charge in [0, 0.05) is 5.02 Å². The molecule has 0 saturated heterocycles. The summed E-state index contributed by atoms with van der Waals surface area (Å²) in [6, 6.07) is 5.08. The van der Waals surface area contributed by atoms with Crippen molar-refractivity contribution >= 4 is 11.6 Å². The van der Waals surface area contributed by atoms with Crippen LogP contribution in [0.15, 0.2) is 22.7 Å². The Labute approximate surface area is 115 Å². The second-order valence-electron chi connectivity index (χ2n) is 3.89. The molecule has 7 heteroatoms. The average Bonchev–Trinajstić information content (AvgIpc) is 2.88. The lowest BCUT2D eigenvalue weighted by Crippen LogP contribution is -2.06. The summed E-state index contributed by atoms with van der Waals surface area (Å²) in [5, 5.41) is 14.1. The van der Waals surface area contributed by atoms with E-state index in [1.807, 2.05) is 0 Å². The highest BCUT2D eigenvalue weighted by atomic mass is 35.5. The van der Waals surface area contributed by atoms with Gasteiger partial charge in [0.25, 0.3) is 5.89 Å². The number of rotatable bonds is 5. The fourth-order valence-electron chi connectivity index (χ4n) is 1.61. The summed E-state index contributed by atoms with van der Waals surface area (Å²) in [5.74, 6) is 1.00. The first-order valence-electron chi connectivity index (χ1n) is 5.71. The lowest BCUT2D eigenvalue weighted by atomic mass is 10.2. The van der Waals surface area contributed by atoms with Crippen LogP contribution >= 0.6 is 11.6 Å². The Bertz CT molecular complexity index is 559. The molecule has 6 nitrogen and oxygen atoms in total. The van der Waals surface area contributed by atoms with E-state index in [1.165, 1.54) is 7.11 Å². The fourth-order valence-corrected chi connectivity index (χ4v) is 1.77. The predicted octanol–water partition coefficient (Wildman–Crippen LogP) is 1.78. The van der Waals surface area contributed by atoms with E-state index in [2.05, 4.69) is 10.1 Å². The van der Waals surface area contributed by atoms with Gasteiger partial charge in [-0.05, 0) is 31.2 Å². The Hall–Kier alpha value is -1.63. The SMILES string of the molecule is COc1cc(Cl)ccc1-c1noc([C@@H](O)CCN)n1. The quantitative estimate of drug-likeness (QED) is 0.868. The van der Waals surface area contributed by atoms with Crippen molar-refractivity contribution in [3.05, 3.63) is 29.1 Å². The van der Waals surface area contributed by atoms with Crippen LogP contribution in [0.2, 0.25) is 5.02 Å². The number of hydrogen-bond donors (Lipinski definition) is 2. The summed E-state index contributed by atoms with van der Waals surface area (Å²) in [7, 11) is 1.53. The van der Waals surface area contributed by atoms with Crippen LogP contribution in [-0.2, 0) is 0 Å². The minimum absolute atomic E-state index is 0.137. The number of aliphatic hydroxyl groups is 1. The van der Waals surface area contributed by atoms with E-state index in [9.17, 15) is 5.11 Å². The molecule has 3 N–H and O–H groups in total. The summed E-state index contributed by atoms with van der Waals surface area (Å²) in [6.45, 7) is 0.336. The number of ether oxygens (including phenoxy) is 1. The van der Waals surface area contributed by atoms with Gasteiger partial charge in [0.15, 0.2) is 0 Å². The molecular formula is C12H14ClN3O3. The molecule has 0 saturated carbocycles. The highest BCUT2D eigenvalue weighted by Gasteiger charge is 2.18. The molecule has 0 aliphatic carbocycles. The molecule has 2 aromatic rings.